The van der Waals surface area contributed by atoms with Crippen molar-refractivity contribution in [3.05, 3.63) is 35.2 Å². The summed E-state index contributed by atoms with van der Waals surface area (Å²) < 4.78 is 38.1. The summed E-state index contributed by atoms with van der Waals surface area (Å²) in [5, 5.41) is 23.3. The van der Waals surface area contributed by atoms with Crippen molar-refractivity contribution in [3.8, 4) is 12.1 Å². The summed E-state index contributed by atoms with van der Waals surface area (Å²) in [5.74, 6) is 0.255. The van der Waals surface area contributed by atoms with Gasteiger partial charge in [0.25, 0.3) is 0 Å². The van der Waals surface area contributed by atoms with Crippen LogP contribution in [0.15, 0.2) is 18.2 Å². The summed E-state index contributed by atoms with van der Waals surface area (Å²) in [6.45, 7) is 0. The molecule has 0 atom stereocenters. The normalized spacial score (nSPS) is 12.0. The second-order valence-corrected chi connectivity index (χ2v) is 4.35. The first-order chi connectivity index (χ1) is 10.4. The number of hydrogen-bond acceptors (Lipinski definition) is 6. The molecule has 108 valence electrons. The summed E-state index contributed by atoms with van der Waals surface area (Å²) in [6.07, 6.45) is -4.47. The van der Waals surface area contributed by atoms with Gasteiger partial charge >= 0.3 is 6.18 Å². The number of nitriles is 2. The minimum Gasteiger partial charge on any atom is -0.335 e. The standard InChI is InChI=1S/C13H5F3N6/c14-13(15,16)6-1-2-7-8(3-6)20-12-11(19-7)21-9(4-17)10(5-18)22-12/h1-3H,(H,19,21)(H,20,22). The molecule has 0 bridgehead atoms. The van der Waals surface area contributed by atoms with Crippen molar-refractivity contribution in [3.63, 3.8) is 0 Å². The van der Waals surface area contributed by atoms with E-state index < -0.39 is 11.7 Å². The second kappa shape index (κ2) is 4.60. The fraction of sp³-hybridized carbons (Fsp3) is 0.0769. The third kappa shape index (κ3) is 2.15. The van der Waals surface area contributed by atoms with E-state index in [-0.39, 0.29) is 28.7 Å². The van der Waals surface area contributed by atoms with Crippen molar-refractivity contribution in [2.24, 2.45) is 0 Å². The Balaban J connectivity index is 2.07. The van der Waals surface area contributed by atoms with Crippen LogP contribution in [0.5, 0.6) is 0 Å². The van der Waals surface area contributed by atoms with Gasteiger partial charge in [-0.1, -0.05) is 0 Å². The van der Waals surface area contributed by atoms with Crippen molar-refractivity contribution >= 4 is 23.0 Å². The van der Waals surface area contributed by atoms with Gasteiger partial charge < -0.3 is 10.6 Å². The number of fused-ring (bicyclic) bond motifs is 2. The van der Waals surface area contributed by atoms with Gasteiger partial charge in [0.2, 0.25) is 0 Å². The minimum atomic E-state index is -4.47. The van der Waals surface area contributed by atoms with Gasteiger partial charge in [0, 0.05) is 0 Å². The molecule has 0 saturated heterocycles. The molecular weight excluding hydrogens is 297 g/mol. The van der Waals surface area contributed by atoms with E-state index >= 15 is 0 Å². The molecule has 0 spiro atoms. The van der Waals surface area contributed by atoms with E-state index in [0.717, 1.165) is 12.1 Å². The van der Waals surface area contributed by atoms with Crippen LogP contribution in [0.3, 0.4) is 0 Å². The molecule has 0 saturated carbocycles. The van der Waals surface area contributed by atoms with Crippen LogP contribution < -0.4 is 10.6 Å². The predicted octanol–water partition coefficient (Wildman–Crippen LogP) is 3.04. The topological polar surface area (TPSA) is 97.4 Å². The average Bonchev–Trinajstić information content (AvgIpc) is 2.50. The lowest BCUT2D eigenvalue weighted by molar-refractivity contribution is -0.137. The summed E-state index contributed by atoms with van der Waals surface area (Å²) in [7, 11) is 0. The van der Waals surface area contributed by atoms with E-state index in [1.165, 1.54) is 6.07 Å². The molecule has 2 heterocycles. The van der Waals surface area contributed by atoms with Crippen molar-refractivity contribution < 1.29 is 13.2 Å². The summed E-state index contributed by atoms with van der Waals surface area (Å²) in [6, 6.07) is 6.56. The third-order valence-corrected chi connectivity index (χ3v) is 2.96. The van der Waals surface area contributed by atoms with Crippen LogP contribution in [0.25, 0.3) is 0 Å². The number of halogens is 3. The zero-order chi connectivity index (χ0) is 15.9. The van der Waals surface area contributed by atoms with E-state index in [9.17, 15) is 13.2 Å². The Morgan fingerprint density at radius 1 is 0.909 bits per heavy atom. The summed E-state index contributed by atoms with van der Waals surface area (Å²) in [5.41, 5.74) is -0.656. The van der Waals surface area contributed by atoms with Crippen molar-refractivity contribution in [2.45, 2.75) is 6.18 Å². The van der Waals surface area contributed by atoms with Crippen molar-refractivity contribution in [2.75, 3.05) is 10.6 Å². The molecule has 0 fully saturated rings. The Morgan fingerprint density at radius 2 is 1.45 bits per heavy atom. The highest BCUT2D eigenvalue weighted by Crippen LogP contribution is 2.40. The molecule has 1 aromatic carbocycles. The van der Waals surface area contributed by atoms with E-state index in [2.05, 4.69) is 20.6 Å². The Morgan fingerprint density at radius 3 is 1.95 bits per heavy atom. The molecule has 22 heavy (non-hydrogen) atoms. The smallest absolute Gasteiger partial charge is 0.335 e. The van der Waals surface area contributed by atoms with Gasteiger partial charge in [-0.15, -0.1) is 0 Å². The number of aromatic nitrogens is 2. The molecule has 0 radical (unpaired) electrons. The molecule has 1 aliphatic heterocycles. The maximum absolute atomic E-state index is 12.7. The van der Waals surface area contributed by atoms with Gasteiger partial charge in [-0.2, -0.15) is 23.7 Å². The quantitative estimate of drug-likeness (QED) is 0.662. The Hall–Kier alpha value is -3.33. The number of nitrogens with one attached hydrogen (secondary N) is 2. The van der Waals surface area contributed by atoms with Gasteiger partial charge in [-0.25, -0.2) is 9.97 Å². The number of anilines is 4. The number of benzene rings is 1. The molecular formula is C13H5F3N6. The van der Waals surface area contributed by atoms with Gasteiger partial charge in [0.05, 0.1) is 16.9 Å². The maximum atomic E-state index is 12.7. The summed E-state index contributed by atoms with van der Waals surface area (Å²) >= 11 is 0. The van der Waals surface area contributed by atoms with Crippen LogP contribution in [0, 0.1) is 22.7 Å². The third-order valence-electron chi connectivity index (χ3n) is 2.96. The van der Waals surface area contributed by atoms with Crippen LogP contribution >= 0.6 is 0 Å². The van der Waals surface area contributed by atoms with Crippen LogP contribution in [0.2, 0.25) is 0 Å². The fourth-order valence-electron chi connectivity index (χ4n) is 1.95. The molecule has 2 N–H and O–H groups in total. The van der Waals surface area contributed by atoms with Crippen LogP contribution in [0.1, 0.15) is 17.0 Å². The molecule has 0 aliphatic carbocycles. The minimum absolute atomic E-state index is 0.0855. The van der Waals surface area contributed by atoms with Crippen LogP contribution in [-0.2, 0) is 6.18 Å². The monoisotopic (exact) mass is 302 g/mol. The average molecular weight is 302 g/mol. The Kier molecular flexibility index (Phi) is 2.85. The van der Waals surface area contributed by atoms with E-state index in [1.807, 2.05) is 0 Å². The van der Waals surface area contributed by atoms with Crippen LogP contribution in [-0.4, -0.2) is 9.97 Å². The van der Waals surface area contributed by atoms with Gasteiger partial charge in [0.1, 0.15) is 12.1 Å². The number of hydrogen-bond donors (Lipinski definition) is 2. The zero-order valence-corrected chi connectivity index (χ0v) is 10.7. The predicted molar refractivity (Wildman–Crippen MR) is 69.5 cm³/mol. The molecule has 9 heteroatoms. The molecule has 2 aromatic rings. The lowest BCUT2D eigenvalue weighted by atomic mass is 10.1. The van der Waals surface area contributed by atoms with E-state index in [1.54, 1.807) is 12.1 Å². The zero-order valence-electron chi connectivity index (χ0n) is 10.7. The SMILES string of the molecule is N#Cc1nc2c(nc1C#N)Nc1cc(C(F)(F)F)ccc1N2. The highest BCUT2D eigenvalue weighted by atomic mass is 19.4. The fourth-order valence-corrected chi connectivity index (χ4v) is 1.95. The molecule has 0 unspecified atom stereocenters. The van der Waals surface area contributed by atoms with Gasteiger partial charge in [-0.05, 0) is 18.2 Å². The number of nitrogens with zero attached hydrogens (tertiary/aromatic N) is 4. The second-order valence-electron chi connectivity index (χ2n) is 4.35. The first-order valence-electron chi connectivity index (χ1n) is 5.90. The molecule has 0 amide bonds. The lowest BCUT2D eigenvalue weighted by Crippen LogP contribution is -2.13. The van der Waals surface area contributed by atoms with E-state index in [0.29, 0.717) is 5.69 Å². The van der Waals surface area contributed by atoms with Gasteiger partial charge in [-0.3, -0.25) is 0 Å². The van der Waals surface area contributed by atoms with Crippen molar-refractivity contribution in [1.82, 2.24) is 9.97 Å². The van der Waals surface area contributed by atoms with Gasteiger partial charge in [0.15, 0.2) is 23.0 Å². The molecule has 1 aliphatic rings. The number of rotatable bonds is 0. The highest BCUT2D eigenvalue weighted by Gasteiger charge is 2.32. The summed E-state index contributed by atoms with van der Waals surface area (Å²) in [4.78, 5) is 7.82. The molecule has 3 rings (SSSR count). The first-order valence-corrected chi connectivity index (χ1v) is 5.90. The Labute approximate surface area is 121 Å². The van der Waals surface area contributed by atoms with E-state index in [4.69, 9.17) is 10.5 Å². The largest absolute Gasteiger partial charge is 0.416 e. The maximum Gasteiger partial charge on any atom is 0.416 e. The van der Waals surface area contributed by atoms with Crippen molar-refractivity contribution in [1.29, 1.82) is 10.5 Å². The Bertz CT molecular complexity index is 860. The first kappa shape index (κ1) is 13.6. The number of alkyl halides is 3. The van der Waals surface area contributed by atoms with Crippen LogP contribution in [0.4, 0.5) is 36.2 Å². The molecule has 1 aromatic heterocycles. The lowest BCUT2D eigenvalue weighted by Gasteiger charge is -2.22. The molecule has 6 nitrogen and oxygen atoms in total. The highest BCUT2D eigenvalue weighted by molar-refractivity contribution is 5.87.